The third-order valence-electron chi connectivity index (χ3n) is 5.07. The van der Waals surface area contributed by atoms with Gasteiger partial charge in [-0.1, -0.05) is 53.5 Å². The molecule has 1 fully saturated rings. The van der Waals surface area contributed by atoms with Gasteiger partial charge >= 0.3 is 0 Å². The quantitative estimate of drug-likeness (QED) is 0.659. The second kappa shape index (κ2) is 8.33. The number of anilines is 2. The van der Waals surface area contributed by atoms with Gasteiger partial charge < -0.3 is 10.6 Å². The maximum absolute atomic E-state index is 6.30. The largest absolute Gasteiger partial charge is 0.368 e. The Labute approximate surface area is 174 Å². The van der Waals surface area contributed by atoms with Gasteiger partial charge in [-0.2, -0.15) is 15.0 Å². The zero-order valence-corrected chi connectivity index (χ0v) is 16.9. The maximum atomic E-state index is 6.30. The highest BCUT2D eigenvalue weighted by molar-refractivity contribution is 6.35. The molecule has 2 aromatic carbocycles. The molecule has 0 bridgehead atoms. The van der Waals surface area contributed by atoms with Crippen molar-refractivity contribution < 1.29 is 0 Å². The van der Waals surface area contributed by atoms with E-state index in [-0.39, 0.29) is 5.95 Å². The molecule has 5 nitrogen and oxygen atoms in total. The lowest BCUT2D eigenvalue weighted by Gasteiger charge is -2.32. The first-order valence-corrected chi connectivity index (χ1v) is 10.1. The molecule has 0 spiro atoms. The molecule has 0 saturated carbocycles. The summed E-state index contributed by atoms with van der Waals surface area (Å²) in [6.07, 6.45) is 3.29. The predicted octanol–water partition coefficient (Wildman–Crippen LogP) is 4.89. The van der Waals surface area contributed by atoms with Crippen LogP contribution in [0.1, 0.15) is 18.4 Å². The van der Waals surface area contributed by atoms with Crippen molar-refractivity contribution in [1.29, 1.82) is 0 Å². The molecule has 1 aliphatic heterocycles. The molecule has 4 rings (SSSR count). The van der Waals surface area contributed by atoms with Crippen molar-refractivity contribution in [2.75, 3.05) is 23.7 Å². The smallest absolute Gasteiger partial charge is 0.230 e. The Balaban J connectivity index is 1.49. The zero-order chi connectivity index (χ0) is 19.5. The standard InChI is InChI=1S/C21H21Cl2N5/c22-16-6-7-18(23)17(13-16)19-25-20(24)27-21(26-19)28-10-8-15(9-11-28)12-14-4-2-1-3-5-14/h1-7,13,15H,8-12H2,(H2,24,25,26,27). The third kappa shape index (κ3) is 4.37. The molecule has 1 aromatic heterocycles. The zero-order valence-electron chi connectivity index (χ0n) is 15.4. The molecular formula is C21H21Cl2N5. The van der Waals surface area contributed by atoms with Crippen molar-refractivity contribution in [2.45, 2.75) is 19.3 Å². The molecule has 0 atom stereocenters. The predicted molar refractivity (Wildman–Crippen MR) is 115 cm³/mol. The van der Waals surface area contributed by atoms with Crippen LogP contribution < -0.4 is 10.6 Å². The Kier molecular flexibility index (Phi) is 5.64. The van der Waals surface area contributed by atoms with Crippen molar-refractivity contribution in [3.05, 3.63) is 64.1 Å². The summed E-state index contributed by atoms with van der Waals surface area (Å²) < 4.78 is 0. The summed E-state index contributed by atoms with van der Waals surface area (Å²) in [6, 6.07) is 15.8. The van der Waals surface area contributed by atoms with Crippen LogP contribution in [0.15, 0.2) is 48.5 Å². The van der Waals surface area contributed by atoms with Gasteiger partial charge in [-0.25, -0.2) is 0 Å². The Bertz CT molecular complexity index is 956. The van der Waals surface area contributed by atoms with Gasteiger partial charge in [-0.3, -0.25) is 0 Å². The van der Waals surface area contributed by atoms with Gasteiger partial charge in [0.25, 0.3) is 0 Å². The highest BCUT2D eigenvalue weighted by Gasteiger charge is 2.22. The third-order valence-corrected chi connectivity index (χ3v) is 5.64. The maximum Gasteiger partial charge on any atom is 0.230 e. The van der Waals surface area contributed by atoms with E-state index in [1.807, 2.05) is 0 Å². The first kappa shape index (κ1) is 19.0. The molecule has 0 radical (unpaired) electrons. The Morgan fingerprint density at radius 1 is 0.964 bits per heavy atom. The molecule has 2 heterocycles. The summed E-state index contributed by atoms with van der Waals surface area (Å²) in [4.78, 5) is 15.4. The van der Waals surface area contributed by atoms with E-state index >= 15 is 0 Å². The molecule has 144 valence electrons. The minimum absolute atomic E-state index is 0.183. The van der Waals surface area contributed by atoms with E-state index in [1.165, 1.54) is 5.56 Å². The summed E-state index contributed by atoms with van der Waals surface area (Å²) in [6.45, 7) is 1.79. The van der Waals surface area contributed by atoms with Crippen molar-refractivity contribution in [3.63, 3.8) is 0 Å². The Morgan fingerprint density at radius 2 is 1.71 bits per heavy atom. The molecule has 0 amide bonds. The van der Waals surface area contributed by atoms with Gasteiger partial charge in [-0.15, -0.1) is 0 Å². The molecular weight excluding hydrogens is 393 g/mol. The van der Waals surface area contributed by atoms with Crippen LogP contribution in [0.25, 0.3) is 11.4 Å². The number of aromatic nitrogens is 3. The van der Waals surface area contributed by atoms with E-state index < -0.39 is 0 Å². The summed E-state index contributed by atoms with van der Waals surface area (Å²) in [7, 11) is 0. The summed E-state index contributed by atoms with van der Waals surface area (Å²) >= 11 is 12.4. The first-order valence-electron chi connectivity index (χ1n) is 9.34. The first-order chi connectivity index (χ1) is 13.6. The second-order valence-corrected chi connectivity index (χ2v) is 7.91. The molecule has 7 heteroatoms. The number of nitrogen functional groups attached to an aromatic ring is 1. The molecule has 1 saturated heterocycles. The second-order valence-electron chi connectivity index (χ2n) is 7.06. The molecule has 0 aliphatic carbocycles. The number of hydrogen-bond donors (Lipinski definition) is 1. The fraction of sp³-hybridized carbons (Fsp3) is 0.286. The fourth-order valence-corrected chi connectivity index (χ4v) is 3.97. The molecule has 0 unspecified atom stereocenters. The van der Waals surface area contributed by atoms with Crippen LogP contribution in [0.5, 0.6) is 0 Å². The van der Waals surface area contributed by atoms with Gasteiger partial charge in [0.2, 0.25) is 11.9 Å². The normalized spacial score (nSPS) is 15.0. The molecule has 3 aromatic rings. The minimum Gasteiger partial charge on any atom is -0.368 e. The molecule has 1 aliphatic rings. The van der Waals surface area contributed by atoms with Crippen LogP contribution in [-0.2, 0) is 6.42 Å². The van der Waals surface area contributed by atoms with E-state index in [2.05, 4.69) is 50.2 Å². The van der Waals surface area contributed by atoms with Gasteiger partial charge in [0, 0.05) is 23.7 Å². The Morgan fingerprint density at radius 3 is 2.46 bits per heavy atom. The fourth-order valence-electron chi connectivity index (χ4n) is 3.60. The van der Waals surface area contributed by atoms with Crippen LogP contribution in [0.4, 0.5) is 11.9 Å². The highest BCUT2D eigenvalue weighted by Crippen LogP contribution is 2.30. The minimum atomic E-state index is 0.183. The van der Waals surface area contributed by atoms with Gasteiger partial charge in [0.15, 0.2) is 5.82 Å². The number of benzene rings is 2. The number of rotatable bonds is 4. The van der Waals surface area contributed by atoms with Crippen LogP contribution in [0, 0.1) is 5.92 Å². The summed E-state index contributed by atoms with van der Waals surface area (Å²) in [5.41, 5.74) is 8.00. The van der Waals surface area contributed by atoms with Crippen molar-refractivity contribution in [1.82, 2.24) is 15.0 Å². The van der Waals surface area contributed by atoms with E-state index in [1.54, 1.807) is 18.2 Å². The highest BCUT2D eigenvalue weighted by atomic mass is 35.5. The van der Waals surface area contributed by atoms with E-state index in [9.17, 15) is 0 Å². The number of hydrogen-bond acceptors (Lipinski definition) is 5. The topological polar surface area (TPSA) is 67.9 Å². The van der Waals surface area contributed by atoms with Crippen molar-refractivity contribution >= 4 is 35.1 Å². The van der Waals surface area contributed by atoms with Crippen LogP contribution in [0.3, 0.4) is 0 Å². The average molecular weight is 414 g/mol. The monoisotopic (exact) mass is 413 g/mol. The average Bonchev–Trinajstić information content (AvgIpc) is 2.71. The van der Waals surface area contributed by atoms with Crippen LogP contribution in [-0.4, -0.2) is 28.0 Å². The van der Waals surface area contributed by atoms with Crippen LogP contribution in [0.2, 0.25) is 10.0 Å². The van der Waals surface area contributed by atoms with E-state index in [0.717, 1.165) is 32.4 Å². The van der Waals surface area contributed by atoms with Crippen LogP contribution >= 0.6 is 23.2 Å². The summed E-state index contributed by atoms with van der Waals surface area (Å²) in [5, 5.41) is 1.10. The van der Waals surface area contributed by atoms with E-state index in [0.29, 0.717) is 33.3 Å². The number of nitrogens with two attached hydrogens (primary N) is 1. The van der Waals surface area contributed by atoms with Gasteiger partial charge in [-0.05, 0) is 48.9 Å². The van der Waals surface area contributed by atoms with Gasteiger partial charge in [0.05, 0.1) is 5.02 Å². The SMILES string of the molecule is Nc1nc(-c2cc(Cl)ccc2Cl)nc(N2CCC(Cc3ccccc3)CC2)n1. The number of piperidine rings is 1. The Hall–Kier alpha value is -2.37. The van der Waals surface area contributed by atoms with Crippen molar-refractivity contribution in [2.24, 2.45) is 5.92 Å². The lowest BCUT2D eigenvalue weighted by molar-refractivity contribution is 0.400. The molecule has 28 heavy (non-hydrogen) atoms. The van der Waals surface area contributed by atoms with Gasteiger partial charge in [0.1, 0.15) is 0 Å². The lowest BCUT2D eigenvalue weighted by atomic mass is 9.90. The van der Waals surface area contributed by atoms with Crippen molar-refractivity contribution in [3.8, 4) is 11.4 Å². The number of nitrogens with zero attached hydrogens (tertiary/aromatic N) is 4. The molecule has 2 N–H and O–H groups in total. The summed E-state index contributed by atoms with van der Waals surface area (Å²) in [5.74, 6) is 1.89. The lowest BCUT2D eigenvalue weighted by Crippen LogP contribution is -2.35. The van der Waals surface area contributed by atoms with E-state index in [4.69, 9.17) is 28.9 Å². The number of halogens is 2.